The number of rotatable bonds is 12. The van der Waals surface area contributed by atoms with Crippen LogP contribution in [0.1, 0.15) is 49.8 Å². The average Bonchev–Trinajstić information content (AvgIpc) is 3.34. The van der Waals surface area contributed by atoms with Gasteiger partial charge in [-0.1, -0.05) is 48.4 Å². The van der Waals surface area contributed by atoms with E-state index in [-0.39, 0.29) is 16.0 Å². The number of amides is 1. The lowest BCUT2D eigenvalue weighted by Gasteiger charge is -2.13. The molecule has 1 atom stereocenters. The van der Waals surface area contributed by atoms with E-state index in [1.54, 1.807) is 37.3 Å². The first kappa shape index (κ1) is 28.5. The van der Waals surface area contributed by atoms with E-state index < -0.39 is 9.84 Å². The Labute approximate surface area is 227 Å². The molecular formula is C28H29ClN2O4S2. The molecule has 3 aromatic rings. The van der Waals surface area contributed by atoms with E-state index in [0.29, 0.717) is 48.1 Å². The number of carbonyl (C=O) groups is 1. The van der Waals surface area contributed by atoms with E-state index in [1.165, 1.54) is 11.5 Å². The van der Waals surface area contributed by atoms with Crippen molar-refractivity contribution in [2.75, 3.05) is 0 Å². The summed E-state index contributed by atoms with van der Waals surface area (Å²) in [5.41, 5.74) is 3.33. The molecule has 37 heavy (non-hydrogen) atoms. The van der Waals surface area contributed by atoms with Crippen molar-refractivity contribution in [2.45, 2.75) is 50.5 Å². The van der Waals surface area contributed by atoms with Crippen molar-refractivity contribution in [3.05, 3.63) is 92.7 Å². The summed E-state index contributed by atoms with van der Waals surface area (Å²) in [4.78, 5) is 12.5. The van der Waals surface area contributed by atoms with Crippen LogP contribution in [0, 0.1) is 17.2 Å². The second-order valence-corrected chi connectivity index (χ2v) is 12.6. The molecule has 1 N–H and O–H groups in total. The topological polar surface area (TPSA) is 96.3 Å². The number of benzene rings is 2. The smallest absolute Gasteiger partial charge is 0.223 e. The summed E-state index contributed by atoms with van der Waals surface area (Å²) in [5, 5.41) is 13.1. The maximum Gasteiger partial charge on any atom is 0.223 e. The number of thiophene rings is 1. The molecule has 0 radical (unpaired) electrons. The molecule has 0 spiro atoms. The molecular weight excluding hydrogens is 528 g/mol. The Balaban J connectivity index is 1.38. The van der Waals surface area contributed by atoms with Gasteiger partial charge in [-0.2, -0.15) is 5.26 Å². The van der Waals surface area contributed by atoms with Gasteiger partial charge in [-0.3, -0.25) is 4.79 Å². The Morgan fingerprint density at radius 2 is 1.78 bits per heavy atom. The van der Waals surface area contributed by atoms with Crippen LogP contribution in [0.25, 0.3) is 0 Å². The number of hydrogen-bond acceptors (Lipinski definition) is 6. The minimum atomic E-state index is -3.49. The van der Waals surface area contributed by atoms with Gasteiger partial charge in [0.05, 0.1) is 16.0 Å². The second-order valence-electron chi connectivity index (χ2n) is 8.82. The molecule has 194 valence electrons. The first-order valence-electron chi connectivity index (χ1n) is 11.8. The van der Waals surface area contributed by atoms with E-state index in [1.807, 2.05) is 31.2 Å². The third-order valence-electron chi connectivity index (χ3n) is 5.72. The molecule has 1 heterocycles. The summed E-state index contributed by atoms with van der Waals surface area (Å²) >= 11 is 6.89. The normalized spacial score (nSPS) is 12.5. The molecule has 0 saturated heterocycles. The standard InChI is InChI=1S/C28H29ClN2O4S2/c1-20(19-37(33,34)27-15-14-26(29)36-27)4-3-5-21(2)28(32)31-17-23-6-8-24(9-7-23)18-35-25-12-10-22(16-30)11-13-25/h6-15,19,21H,3-5,17-18H2,1-2H3,(H,31,32)/b20-19-/t21-/m0/s1. The van der Waals surface area contributed by atoms with Crippen molar-refractivity contribution in [1.29, 1.82) is 5.26 Å². The summed E-state index contributed by atoms with van der Waals surface area (Å²) in [6.45, 7) is 4.51. The number of ether oxygens (including phenoxy) is 1. The highest BCUT2D eigenvalue weighted by atomic mass is 35.5. The van der Waals surface area contributed by atoms with Crippen molar-refractivity contribution in [1.82, 2.24) is 5.32 Å². The quantitative estimate of drug-likeness (QED) is 0.269. The van der Waals surface area contributed by atoms with Crippen LogP contribution in [0.3, 0.4) is 0 Å². The monoisotopic (exact) mass is 556 g/mol. The molecule has 0 saturated carbocycles. The first-order chi connectivity index (χ1) is 17.7. The third kappa shape index (κ3) is 9.04. The van der Waals surface area contributed by atoms with Crippen molar-refractivity contribution in [3.8, 4) is 11.8 Å². The minimum Gasteiger partial charge on any atom is -0.489 e. The van der Waals surface area contributed by atoms with Gasteiger partial charge in [-0.15, -0.1) is 11.3 Å². The fourth-order valence-electron chi connectivity index (χ4n) is 3.56. The lowest BCUT2D eigenvalue weighted by molar-refractivity contribution is -0.124. The summed E-state index contributed by atoms with van der Waals surface area (Å²) in [6, 6.07) is 20.0. The van der Waals surface area contributed by atoms with E-state index in [0.717, 1.165) is 28.0 Å². The number of allylic oxidation sites excluding steroid dienone is 1. The summed E-state index contributed by atoms with van der Waals surface area (Å²) in [5.74, 6) is 0.486. The molecule has 0 aliphatic rings. The predicted molar refractivity (Wildman–Crippen MR) is 147 cm³/mol. The van der Waals surface area contributed by atoms with Gasteiger partial charge < -0.3 is 10.1 Å². The largest absolute Gasteiger partial charge is 0.489 e. The van der Waals surface area contributed by atoms with Crippen molar-refractivity contribution in [2.24, 2.45) is 5.92 Å². The zero-order valence-corrected chi connectivity index (χ0v) is 23.1. The maximum absolute atomic E-state index is 12.5. The van der Waals surface area contributed by atoms with Crippen LogP contribution in [0.15, 0.2) is 75.9 Å². The summed E-state index contributed by atoms with van der Waals surface area (Å²) < 4.78 is 31.3. The van der Waals surface area contributed by atoms with Gasteiger partial charge in [0.2, 0.25) is 15.7 Å². The van der Waals surface area contributed by atoms with Crippen molar-refractivity contribution >= 4 is 38.7 Å². The zero-order valence-electron chi connectivity index (χ0n) is 20.7. The highest BCUT2D eigenvalue weighted by Gasteiger charge is 2.16. The van der Waals surface area contributed by atoms with E-state index >= 15 is 0 Å². The number of nitrogens with zero attached hydrogens (tertiary/aromatic N) is 1. The third-order valence-corrected chi connectivity index (χ3v) is 9.10. The molecule has 3 rings (SSSR count). The average molecular weight is 557 g/mol. The molecule has 1 aromatic heterocycles. The van der Waals surface area contributed by atoms with Gasteiger partial charge in [-0.05, 0) is 73.7 Å². The predicted octanol–water partition coefficient (Wildman–Crippen LogP) is 6.65. The Hall–Kier alpha value is -3.12. The zero-order chi connectivity index (χ0) is 26.8. The molecule has 9 heteroatoms. The van der Waals surface area contributed by atoms with Gasteiger partial charge in [0.25, 0.3) is 0 Å². The SMILES string of the molecule is C/C(=C/S(=O)(=O)c1ccc(Cl)s1)CCC[C@H](C)C(=O)NCc1ccc(COc2ccc(C#N)cc2)cc1. The maximum atomic E-state index is 12.5. The van der Waals surface area contributed by atoms with Crippen LogP contribution in [0.2, 0.25) is 4.34 Å². The van der Waals surface area contributed by atoms with Gasteiger partial charge in [0.15, 0.2) is 0 Å². The number of halogens is 1. The molecule has 0 fully saturated rings. The van der Waals surface area contributed by atoms with Crippen LogP contribution in [-0.4, -0.2) is 14.3 Å². The Bertz CT molecular complexity index is 1370. The molecule has 0 unspecified atom stereocenters. The number of sulfone groups is 1. The van der Waals surface area contributed by atoms with E-state index in [2.05, 4.69) is 11.4 Å². The van der Waals surface area contributed by atoms with Gasteiger partial charge in [-0.25, -0.2) is 8.42 Å². The number of hydrogen-bond donors (Lipinski definition) is 1. The molecule has 0 bridgehead atoms. The fraction of sp³-hybridized carbons (Fsp3) is 0.286. The number of carbonyl (C=O) groups excluding carboxylic acids is 1. The number of nitrogens with one attached hydrogen (secondary N) is 1. The van der Waals surface area contributed by atoms with Crippen molar-refractivity contribution in [3.63, 3.8) is 0 Å². The number of nitriles is 1. The van der Waals surface area contributed by atoms with Gasteiger partial charge in [0.1, 0.15) is 16.6 Å². The fourth-order valence-corrected chi connectivity index (χ4v) is 6.37. The van der Waals surface area contributed by atoms with Crippen LogP contribution >= 0.6 is 22.9 Å². The van der Waals surface area contributed by atoms with Crippen LogP contribution < -0.4 is 10.1 Å². The molecule has 6 nitrogen and oxygen atoms in total. The van der Waals surface area contributed by atoms with Gasteiger partial charge >= 0.3 is 0 Å². The molecule has 2 aromatic carbocycles. The second kappa shape index (κ2) is 13.4. The van der Waals surface area contributed by atoms with E-state index in [9.17, 15) is 13.2 Å². The van der Waals surface area contributed by atoms with Crippen LogP contribution in [0.4, 0.5) is 0 Å². The summed E-state index contributed by atoms with van der Waals surface area (Å²) in [6.07, 6.45) is 1.97. The molecule has 1 amide bonds. The highest BCUT2D eigenvalue weighted by molar-refractivity contribution is 7.96. The highest BCUT2D eigenvalue weighted by Crippen LogP contribution is 2.28. The molecule has 0 aliphatic heterocycles. The lowest BCUT2D eigenvalue weighted by Crippen LogP contribution is -2.28. The first-order valence-corrected chi connectivity index (χ1v) is 14.6. The van der Waals surface area contributed by atoms with Crippen LogP contribution in [0.5, 0.6) is 5.75 Å². The van der Waals surface area contributed by atoms with E-state index in [4.69, 9.17) is 21.6 Å². The Morgan fingerprint density at radius 3 is 2.41 bits per heavy atom. The summed E-state index contributed by atoms with van der Waals surface area (Å²) in [7, 11) is -3.49. The Morgan fingerprint density at radius 1 is 1.11 bits per heavy atom. The van der Waals surface area contributed by atoms with Gasteiger partial charge in [0, 0.05) is 17.9 Å². The van der Waals surface area contributed by atoms with Crippen LogP contribution in [-0.2, 0) is 27.8 Å². The molecule has 0 aliphatic carbocycles. The van der Waals surface area contributed by atoms with Crippen molar-refractivity contribution < 1.29 is 17.9 Å². The lowest BCUT2D eigenvalue weighted by atomic mass is 10.0. The minimum absolute atomic E-state index is 0.0318. The Kier molecular flexibility index (Phi) is 10.3.